The van der Waals surface area contributed by atoms with Crippen molar-refractivity contribution in [1.29, 1.82) is 0 Å². The van der Waals surface area contributed by atoms with Crippen LogP contribution in [0.15, 0.2) is 0 Å². The molecule has 0 fully saturated rings. The van der Waals surface area contributed by atoms with Gasteiger partial charge in [0.25, 0.3) is 0 Å². The molecular formula is C44H93NO2Si+. The number of rotatable bonds is 42. The van der Waals surface area contributed by atoms with Crippen molar-refractivity contribution in [2.24, 2.45) is 0 Å². The van der Waals surface area contributed by atoms with E-state index in [1.165, 1.54) is 236 Å². The maximum absolute atomic E-state index is 5.96. The lowest BCUT2D eigenvalue weighted by Gasteiger charge is -2.35. The van der Waals surface area contributed by atoms with Crippen LogP contribution in [0.2, 0.25) is 6.04 Å². The summed E-state index contributed by atoms with van der Waals surface area (Å²) in [5.41, 5.74) is 0. The monoisotopic (exact) mass is 696 g/mol. The molecule has 0 aromatic carbocycles. The topological polar surface area (TPSA) is 18.5 Å². The van der Waals surface area contributed by atoms with Gasteiger partial charge in [0.2, 0.25) is 0 Å². The zero-order chi connectivity index (χ0) is 35.1. The molecule has 0 aromatic heterocycles. The van der Waals surface area contributed by atoms with Crippen molar-refractivity contribution in [1.82, 2.24) is 0 Å². The van der Waals surface area contributed by atoms with E-state index < -0.39 is 9.28 Å². The summed E-state index contributed by atoms with van der Waals surface area (Å²) in [7, 11) is 1.48. The van der Waals surface area contributed by atoms with Crippen molar-refractivity contribution >= 4 is 9.28 Å². The fraction of sp³-hybridized carbons (Fsp3) is 1.00. The Morgan fingerprint density at radius 1 is 0.312 bits per heavy atom. The molecule has 0 aliphatic rings. The zero-order valence-electron chi connectivity index (χ0n) is 34.3. The first-order valence-corrected chi connectivity index (χ1v) is 24.1. The van der Waals surface area contributed by atoms with E-state index in [1.54, 1.807) is 0 Å². The number of unbranched alkanes of at least 4 members (excludes halogenated alkanes) is 30. The highest BCUT2D eigenvalue weighted by molar-refractivity contribution is 6.44. The van der Waals surface area contributed by atoms with Gasteiger partial charge in [0.05, 0.1) is 26.7 Å². The predicted octanol–water partition coefficient (Wildman–Crippen LogP) is 14.9. The van der Waals surface area contributed by atoms with Crippen molar-refractivity contribution in [3.63, 3.8) is 0 Å². The molecule has 3 nitrogen and oxygen atoms in total. The fourth-order valence-electron chi connectivity index (χ4n) is 7.53. The molecule has 0 atom stereocenters. The van der Waals surface area contributed by atoms with E-state index in [9.17, 15) is 0 Å². The van der Waals surface area contributed by atoms with Crippen LogP contribution in [0.5, 0.6) is 0 Å². The van der Waals surface area contributed by atoms with Gasteiger partial charge in [-0.05, 0) is 52.0 Å². The lowest BCUT2D eigenvalue weighted by Crippen LogP contribution is -2.46. The molecule has 0 heterocycles. The van der Waals surface area contributed by atoms with Crippen molar-refractivity contribution in [2.45, 2.75) is 246 Å². The predicted molar refractivity (Wildman–Crippen MR) is 218 cm³/mol. The van der Waals surface area contributed by atoms with Crippen LogP contribution in [0.25, 0.3) is 0 Å². The summed E-state index contributed by atoms with van der Waals surface area (Å²) in [6, 6.07) is 1.14. The Bertz CT molecular complexity index is 546. The molecule has 0 saturated carbocycles. The van der Waals surface area contributed by atoms with E-state index in [-0.39, 0.29) is 0 Å². The van der Waals surface area contributed by atoms with Crippen LogP contribution in [0.4, 0.5) is 0 Å². The molecule has 0 amide bonds. The largest absolute Gasteiger partial charge is 0.394 e. The molecule has 0 saturated heterocycles. The highest BCUT2D eigenvalue weighted by Gasteiger charge is 2.23. The van der Waals surface area contributed by atoms with Gasteiger partial charge in [0.1, 0.15) is 0 Å². The lowest BCUT2D eigenvalue weighted by atomic mass is 10.0. The van der Waals surface area contributed by atoms with Crippen LogP contribution < -0.4 is 0 Å². The molecule has 0 aromatic rings. The number of hydrogen-bond acceptors (Lipinski definition) is 2. The molecule has 1 radical (unpaired) electrons. The molecule has 0 rings (SSSR count). The highest BCUT2D eigenvalue weighted by atomic mass is 28.3. The Kier molecular flexibility index (Phi) is 40.0. The maximum atomic E-state index is 5.96. The molecule has 0 bridgehead atoms. The zero-order valence-corrected chi connectivity index (χ0v) is 35.3. The lowest BCUT2D eigenvalue weighted by molar-refractivity contribution is -0.910. The van der Waals surface area contributed by atoms with Gasteiger partial charge < -0.3 is 13.3 Å². The summed E-state index contributed by atoms with van der Waals surface area (Å²) in [6.45, 7) is 14.4. The minimum atomic E-state index is -1.08. The summed E-state index contributed by atoms with van der Waals surface area (Å²) >= 11 is 0. The third kappa shape index (κ3) is 35.9. The minimum absolute atomic E-state index is 0.790. The van der Waals surface area contributed by atoms with Crippen LogP contribution >= 0.6 is 0 Å². The van der Waals surface area contributed by atoms with Gasteiger partial charge in [-0.1, -0.05) is 194 Å². The third-order valence-electron chi connectivity index (χ3n) is 10.8. The van der Waals surface area contributed by atoms with E-state index in [0.29, 0.717) is 0 Å². The molecular weight excluding hydrogens is 603 g/mol. The second kappa shape index (κ2) is 39.9. The summed E-state index contributed by atoms with van der Waals surface area (Å²) < 4.78 is 13.2. The summed E-state index contributed by atoms with van der Waals surface area (Å²) in [5, 5.41) is 0. The van der Waals surface area contributed by atoms with E-state index in [2.05, 4.69) is 34.7 Å². The molecule has 0 aliphatic heterocycles. The summed E-state index contributed by atoms with van der Waals surface area (Å²) in [6.07, 6.45) is 47.7. The van der Waals surface area contributed by atoms with Crippen molar-refractivity contribution in [2.75, 3.05) is 39.9 Å². The SMILES string of the molecule is CCCCCCCCCCCCCCCCCC[N+](C)(CCCCCCCCCCCCCCCCCC)CCC[Si](OCC)OCC. The Morgan fingerprint density at radius 2 is 0.542 bits per heavy atom. The average molecular weight is 696 g/mol. The first-order valence-electron chi connectivity index (χ1n) is 22.6. The van der Waals surface area contributed by atoms with E-state index >= 15 is 0 Å². The standard InChI is InChI=1S/C44H93NO2Si/c1-6-10-12-14-16-18-20-22-24-26-28-30-32-34-36-38-41-45(5,43-40-44-48(46-8-3)47-9-4)42-39-37-35-33-31-29-27-25-23-21-19-17-15-13-11-7-2/h6-44H2,1-5H3/q+1. The second-order valence-electron chi connectivity index (χ2n) is 15.7. The van der Waals surface area contributed by atoms with E-state index in [0.717, 1.165) is 19.3 Å². The Morgan fingerprint density at radius 3 is 0.792 bits per heavy atom. The van der Waals surface area contributed by atoms with Crippen LogP contribution in [-0.2, 0) is 8.85 Å². The van der Waals surface area contributed by atoms with Gasteiger partial charge in [-0.3, -0.25) is 0 Å². The molecule has 0 N–H and O–H groups in total. The van der Waals surface area contributed by atoms with E-state index in [1.807, 2.05) is 0 Å². The minimum Gasteiger partial charge on any atom is -0.394 e. The number of nitrogens with zero attached hydrogens (tertiary/aromatic N) is 1. The van der Waals surface area contributed by atoms with Crippen LogP contribution in [0, 0.1) is 0 Å². The van der Waals surface area contributed by atoms with Gasteiger partial charge in [-0.2, -0.15) is 0 Å². The van der Waals surface area contributed by atoms with Gasteiger partial charge >= 0.3 is 9.28 Å². The molecule has 4 heteroatoms. The normalized spacial score (nSPS) is 12.1. The Balaban J connectivity index is 4.05. The smallest absolute Gasteiger partial charge is 0.384 e. The first-order chi connectivity index (χ1) is 23.6. The third-order valence-corrected chi connectivity index (χ3v) is 12.8. The van der Waals surface area contributed by atoms with Gasteiger partial charge in [-0.15, -0.1) is 0 Å². The van der Waals surface area contributed by atoms with Gasteiger partial charge in [0.15, 0.2) is 0 Å². The average Bonchev–Trinajstić information content (AvgIpc) is 3.08. The molecule has 48 heavy (non-hydrogen) atoms. The van der Waals surface area contributed by atoms with Gasteiger partial charge in [0, 0.05) is 13.2 Å². The maximum Gasteiger partial charge on any atom is 0.384 e. The van der Waals surface area contributed by atoms with Crippen molar-refractivity contribution < 1.29 is 13.3 Å². The van der Waals surface area contributed by atoms with Gasteiger partial charge in [-0.25, -0.2) is 0 Å². The number of quaternary nitrogens is 1. The second-order valence-corrected chi connectivity index (χ2v) is 17.6. The summed E-state index contributed by atoms with van der Waals surface area (Å²) in [5.74, 6) is 0. The fourth-order valence-corrected chi connectivity index (χ4v) is 8.99. The molecule has 0 unspecified atom stereocenters. The van der Waals surface area contributed by atoms with Crippen LogP contribution in [0.3, 0.4) is 0 Å². The van der Waals surface area contributed by atoms with Crippen LogP contribution in [-0.4, -0.2) is 53.7 Å². The quantitative estimate of drug-likeness (QED) is 0.0359. The van der Waals surface area contributed by atoms with E-state index in [4.69, 9.17) is 8.85 Å². The molecule has 289 valence electrons. The molecule has 0 aliphatic carbocycles. The Labute approximate surface area is 307 Å². The Hall–Kier alpha value is 0.0969. The van der Waals surface area contributed by atoms with Crippen molar-refractivity contribution in [3.8, 4) is 0 Å². The van der Waals surface area contributed by atoms with Crippen LogP contribution in [0.1, 0.15) is 240 Å². The molecule has 0 spiro atoms. The summed E-state index contributed by atoms with van der Waals surface area (Å²) in [4.78, 5) is 0. The number of hydrogen-bond donors (Lipinski definition) is 0. The highest BCUT2D eigenvalue weighted by Crippen LogP contribution is 2.18. The first kappa shape index (κ1) is 48.1. The van der Waals surface area contributed by atoms with Crippen molar-refractivity contribution in [3.05, 3.63) is 0 Å².